The normalized spacial score (nSPS) is 16.0. The lowest BCUT2D eigenvalue weighted by atomic mass is 9.88. The second-order valence-corrected chi connectivity index (χ2v) is 8.57. The highest BCUT2D eigenvalue weighted by atomic mass is 32.2. The third-order valence-corrected chi connectivity index (χ3v) is 5.77. The summed E-state index contributed by atoms with van der Waals surface area (Å²) < 4.78 is 23.9. The van der Waals surface area contributed by atoms with Gasteiger partial charge < -0.3 is 4.90 Å². The number of piperidine rings is 1. The number of hydrogen-bond acceptors (Lipinski definition) is 5. The molecule has 1 saturated heterocycles. The molecule has 2 aromatic rings. The average Bonchev–Trinajstić information content (AvgIpc) is 2.61. The predicted octanol–water partition coefficient (Wildman–Crippen LogP) is 2.89. The van der Waals surface area contributed by atoms with Gasteiger partial charge in [0.15, 0.2) is 15.6 Å². The molecular formula is C19H22N2O3S. The molecule has 1 aliphatic rings. The number of hydrogen-bond donors (Lipinski definition) is 0. The van der Waals surface area contributed by atoms with Crippen LogP contribution in [-0.4, -0.2) is 38.5 Å². The van der Waals surface area contributed by atoms with Crippen molar-refractivity contribution in [2.24, 2.45) is 5.92 Å². The summed E-state index contributed by atoms with van der Waals surface area (Å²) in [5, 5.41) is 0. The minimum absolute atomic E-state index is 0.0237. The van der Waals surface area contributed by atoms with Crippen LogP contribution in [0, 0.1) is 12.8 Å². The van der Waals surface area contributed by atoms with Crippen LogP contribution in [0.1, 0.15) is 28.8 Å². The molecule has 3 rings (SSSR count). The zero-order valence-electron chi connectivity index (χ0n) is 14.5. The SMILES string of the molecule is Cc1ccc(C(=O)C2CCN(c3ncccc3S(C)(=O)=O)CC2)cc1. The first-order valence-electron chi connectivity index (χ1n) is 8.37. The molecule has 0 unspecified atom stereocenters. The Hall–Kier alpha value is -2.21. The zero-order valence-corrected chi connectivity index (χ0v) is 15.3. The Kier molecular flexibility index (Phi) is 4.90. The number of Topliss-reactive ketones (excluding diaryl/α,β-unsaturated/α-hetero) is 1. The Labute approximate surface area is 148 Å². The van der Waals surface area contributed by atoms with Crippen molar-refractivity contribution in [3.8, 4) is 0 Å². The summed E-state index contributed by atoms with van der Waals surface area (Å²) >= 11 is 0. The fraction of sp³-hybridized carbons (Fsp3) is 0.368. The number of aromatic nitrogens is 1. The highest BCUT2D eigenvalue weighted by Gasteiger charge is 2.28. The Morgan fingerprint density at radius 3 is 2.36 bits per heavy atom. The lowest BCUT2D eigenvalue weighted by Gasteiger charge is -2.33. The van der Waals surface area contributed by atoms with E-state index in [0.717, 1.165) is 11.1 Å². The Morgan fingerprint density at radius 2 is 1.76 bits per heavy atom. The number of ketones is 1. The number of benzene rings is 1. The van der Waals surface area contributed by atoms with Gasteiger partial charge in [0.2, 0.25) is 0 Å². The van der Waals surface area contributed by atoms with Gasteiger partial charge in [-0.25, -0.2) is 13.4 Å². The highest BCUT2D eigenvalue weighted by molar-refractivity contribution is 7.90. The molecule has 2 heterocycles. The van der Waals surface area contributed by atoms with E-state index in [1.807, 2.05) is 36.1 Å². The molecule has 0 N–H and O–H groups in total. The van der Waals surface area contributed by atoms with Gasteiger partial charge in [-0.05, 0) is 31.9 Å². The third kappa shape index (κ3) is 3.90. The fourth-order valence-electron chi connectivity index (χ4n) is 3.22. The van der Waals surface area contributed by atoms with Crippen LogP contribution in [0.15, 0.2) is 47.5 Å². The molecule has 1 aliphatic heterocycles. The van der Waals surface area contributed by atoms with Crippen molar-refractivity contribution in [1.82, 2.24) is 4.98 Å². The van der Waals surface area contributed by atoms with Gasteiger partial charge in [-0.15, -0.1) is 0 Å². The van der Waals surface area contributed by atoms with E-state index >= 15 is 0 Å². The van der Waals surface area contributed by atoms with Gasteiger partial charge in [-0.1, -0.05) is 29.8 Å². The predicted molar refractivity (Wildman–Crippen MR) is 97.8 cm³/mol. The molecule has 0 saturated carbocycles. The highest BCUT2D eigenvalue weighted by Crippen LogP contribution is 2.28. The first kappa shape index (κ1) is 17.6. The van der Waals surface area contributed by atoms with Crippen LogP contribution in [0.4, 0.5) is 5.82 Å². The van der Waals surface area contributed by atoms with Crippen molar-refractivity contribution in [3.63, 3.8) is 0 Å². The van der Waals surface area contributed by atoms with Crippen LogP contribution in [0.2, 0.25) is 0 Å². The first-order valence-corrected chi connectivity index (χ1v) is 10.3. The maximum absolute atomic E-state index is 12.7. The summed E-state index contributed by atoms with van der Waals surface area (Å²) in [7, 11) is -3.33. The number of carbonyl (C=O) groups excluding carboxylic acids is 1. The van der Waals surface area contributed by atoms with Crippen molar-refractivity contribution in [1.29, 1.82) is 0 Å². The molecular weight excluding hydrogens is 336 g/mol. The lowest BCUT2D eigenvalue weighted by molar-refractivity contribution is 0.0900. The van der Waals surface area contributed by atoms with E-state index in [1.54, 1.807) is 18.3 Å². The van der Waals surface area contributed by atoms with Gasteiger partial charge in [0.05, 0.1) is 0 Å². The molecule has 0 spiro atoms. The Morgan fingerprint density at radius 1 is 1.12 bits per heavy atom. The van der Waals surface area contributed by atoms with E-state index in [1.165, 1.54) is 6.26 Å². The zero-order chi connectivity index (χ0) is 18.0. The summed E-state index contributed by atoms with van der Waals surface area (Å²) in [5.74, 6) is 0.639. The largest absolute Gasteiger partial charge is 0.355 e. The molecule has 1 fully saturated rings. The van der Waals surface area contributed by atoms with Gasteiger partial charge in [-0.2, -0.15) is 0 Å². The van der Waals surface area contributed by atoms with Crippen LogP contribution >= 0.6 is 0 Å². The molecule has 0 bridgehead atoms. The topological polar surface area (TPSA) is 67.3 Å². The molecule has 5 nitrogen and oxygen atoms in total. The minimum Gasteiger partial charge on any atom is -0.355 e. The molecule has 1 aromatic carbocycles. The van der Waals surface area contributed by atoms with E-state index in [4.69, 9.17) is 0 Å². The molecule has 25 heavy (non-hydrogen) atoms. The first-order chi connectivity index (χ1) is 11.9. The smallest absolute Gasteiger partial charge is 0.179 e. The molecule has 132 valence electrons. The van der Waals surface area contributed by atoms with E-state index in [0.29, 0.717) is 31.7 Å². The summed E-state index contributed by atoms with van der Waals surface area (Å²) in [6.07, 6.45) is 4.20. The third-order valence-electron chi connectivity index (χ3n) is 4.65. The number of carbonyl (C=O) groups is 1. The number of rotatable bonds is 4. The molecule has 0 atom stereocenters. The van der Waals surface area contributed by atoms with Crippen molar-refractivity contribution in [2.75, 3.05) is 24.2 Å². The maximum Gasteiger partial charge on any atom is 0.179 e. The van der Waals surface area contributed by atoms with Crippen molar-refractivity contribution in [2.45, 2.75) is 24.7 Å². The van der Waals surface area contributed by atoms with E-state index in [-0.39, 0.29) is 16.6 Å². The van der Waals surface area contributed by atoms with E-state index in [2.05, 4.69) is 4.98 Å². The summed E-state index contributed by atoms with van der Waals surface area (Å²) in [6, 6.07) is 10.9. The van der Waals surface area contributed by atoms with E-state index in [9.17, 15) is 13.2 Å². The fourth-order valence-corrected chi connectivity index (χ4v) is 4.06. The van der Waals surface area contributed by atoms with Gasteiger partial charge in [0.1, 0.15) is 10.7 Å². The molecule has 0 radical (unpaired) electrons. The molecule has 1 aromatic heterocycles. The van der Waals surface area contributed by atoms with Crippen LogP contribution in [-0.2, 0) is 9.84 Å². The number of anilines is 1. The average molecular weight is 358 g/mol. The minimum atomic E-state index is -3.33. The Balaban J connectivity index is 1.72. The van der Waals surface area contributed by atoms with Crippen molar-refractivity contribution < 1.29 is 13.2 Å². The van der Waals surface area contributed by atoms with Gasteiger partial charge >= 0.3 is 0 Å². The Bertz CT molecular complexity index is 868. The van der Waals surface area contributed by atoms with Gasteiger partial charge in [0, 0.05) is 37.0 Å². The number of sulfone groups is 1. The van der Waals surface area contributed by atoms with Crippen LogP contribution < -0.4 is 4.90 Å². The summed E-state index contributed by atoms with van der Waals surface area (Å²) in [4.78, 5) is 19.1. The second kappa shape index (κ2) is 6.96. The second-order valence-electron chi connectivity index (χ2n) is 6.59. The van der Waals surface area contributed by atoms with Crippen molar-refractivity contribution in [3.05, 3.63) is 53.7 Å². The lowest BCUT2D eigenvalue weighted by Crippen LogP contribution is -2.37. The summed E-state index contributed by atoms with van der Waals surface area (Å²) in [5.41, 5.74) is 1.88. The van der Waals surface area contributed by atoms with Crippen LogP contribution in [0.25, 0.3) is 0 Å². The monoisotopic (exact) mass is 358 g/mol. The number of aryl methyl sites for hydroxylation is 1. The standard InChI is InChI=1S/C19H22N2O3S/c1-14-5-7-15(8-6-14)18(22)16-9-12-21(13-10-16)19-17(25(2,23)24)4-3-11-20-19/h3-8,11,16H,9-10,12-13H2,1-2H3. The van der Waals surface area contributed by atoms with Gasteiger partial charge in [-0.3, -0.25) is 4.79 Å². The van der Waals surface area contributed by atoms with Crippen LogP contribution in [0.5, 0.6) is 0 Å². The maximum atomic E-state index is 12.7. The summed E-state index contributed by atoms with van der Waals surface area (Å²) in [6.45, 7) is 3.25. The molecule has 6 heteroatoms. The van der Waals surface area contributed by atoms with Gasteiger partial charge in [0.25, 0.3) is 0 Å². The van der Waals surface area contributed by atoms with E-state index < -0.39 is 9.84 Å². The number of nitrogens with zero attached hydrogens (tertiary/aromatic N) is 2. The molecule has 0 aliphatic carbocycles. The quantitative estimate of drug-likeness (QED) is 0.786. The molecule has 0 amide bonds. The van der Waals surface area contributed by atoms with Crippen LogP contribution in [0.3, 0.4) is 0 Å². The number of pyridine rings is 1. The van der Waals surface area contributed by atoms with Crippen molar-refractivity contribution >= 4 is 21.4 Å².